The van der Waals surface area contributed by atoms with Gasteiger partial charge in [-0.05, 0) is 55.2 Å². The average Bonchev–Trinajstić information content (AvgIpc) is 3.22. The predicted octanol–water partition coefficient (Wildman–Crippen LogP) is 4.64. The van der Waals surface area contributed by atoms with E-state index < -0.39 is 0 Å². The van der Waals surface area contributed by atoms with Gasteiger partial charge in [0, 0.05) is 29.2 Å². The van der Waals surface area contributed by atoms with E-state index in [-0.39, 0.29) is 11.8 Å². The summed E-state index contributed by atoms with van der Waals surface area (Å²) in [7, 11) is 0. The third kappa shape index (κ3) is 3.93. The molecule has 1 fully saturated rings. The molecule has 4 nitrogen and oxygen atoms in total. The van der Waals surface area contributed by atoms with Crippen LogP contribution in [0.25, 0.3) is 0 Å². The number of benzene rings is 1. The molecule has 1 saturated heterocycles. The largest absolute Gasteiger partial charge is 0.321 e. The van der Waals surface area contributed by atoms with Crippen LogP contribution in [0.4, 0.5) is 11.4 Å². The highest BCUT2D eigenvalue weighted by Crippen LogP contribution is 2.27. The quantitative estimate of drug-likeness (QED) is 0.819. The second kappa shape index (κ2) is 7.83. The van der Waals surface area contributed by atoms with E-state index in [2.05, 4.69) is 19.2 Å². The monoisotopic (exact) mass is 356 g/mol. The lowest BCUT2D eigenvalue weighted by atomic mass is 10.1. The first-order valence-electron chi connectivity index (χ1n) is 8.95. The Morgan fingerprint density at radius 3 is 2.60 bits per heavy atom. The molecule has 2 amide bonds. The SMILES string of the molecule is CCCc1sc(C(=O)Nc2ccc(N3CCCC3=O)cc2)cc1CC. The Morgan fingerprint density at radius 2 is 2.00 bits per heavy atom. The fourth-order valence-corrected chi connectivity index (χ4v) is 4.41. The number of carbonyl (C=O) groups is 2. The van der Waals surface area contributed by atoms with Gasteiger partial charge in [-0.1, -0.05) is 20.3 Å². The summed E-state index contributed by atoms with van der Waals surface area (Å²) in [6.45, 7) is 5.06. The van der Waals surface area contributed by atoms with Gasteiger partial charge in [-0.15, -0.1) is 11.3 Å². The molecule has 3 rings (SSSR count). The highest BCUT2D eigenvalue weighted by atomic mass is 32.1. The van der Waals surface area contributed by atoms with Crippen LogP contribution in [0.5, 0.6) is 0 Å². The van der Waals surface area contributed by atoms with Gasteiger partial charge in [-0.2, -0.15) is 0 Å². The van der Waals surface area contributed by atoms with E-state index in [1.165, 1.54) is 10.4 Å². The van der Waals surface area contributed by atoms with Crippen LogP contribution < -0.4 is 10.2 Å². The fraction of sp³-hybridized carbons (Fsp3) is 0.400. The smallest absolute Gasteiger partial charge is 0.265 e. The van der Waals surface area contributed by atoms with Crippen LogP contribution in [0.2, 0.25) is 0 Å². The molecule has 1 aromatic heterocycles. The van der Waals surface area contributed by atoms with Crippen LogP contribution >= 0.6 is 11.3 Å². The number of carbonyl (C=O) groups excluding carboxylic acids is 2. The molecule has 1 aromatic carbocycles. The maximum atomic E-state index is 12.5. The van der Waals surface area contributed by atoms with Crippen LogP contribution in [0.15, 0.2) is 30.3 Å². The summed E-state index contributed by atoms with van der Waals surface area (Å²) in [6, 6.07) is 9.53. The zero-order valence-corrected chi connectivity index (χ0v) is 15.6. The van der Waals surface area contributed by atoms with Crippen LogP contribution in [0.3, 0.4) is 0 Å². The molecule has 132 valence electrons. The first-order chi connectivity index (χ1) is 12.1. The summed E-state index contributed by atoms with van der Waals surface area (Å²) < 4.78 is 0. The highest BCUT2D eigenvalue weighted by Gasteiger charge is 2.21. The summed E-state index contributed by atoms with van der Waals surface area (Å²) in [4.78, 5) is 28.2. The summed E-state index contributed by atoms with van der Waals surface area (Å²) in [6.07, 6.45) is 4.61. The van der Waals surface area contributed by atoms with Gasteiger partial charge in [0.05, 0.1) is 4.88 Å². The molecule has 2 aromatic rings. The van der Waals surface area contributed by atoms with E-state index >= 15 is 0 Å². The molecular formula is C20H24N2O2S. The molecule has 5 heteroatoms. The molecular weight excluding hydrogens is 332 g/mol. The van der Waals surface area contributed by atoms with Gasteiger partial charge in [-0.3, -0.25) is 9.59 Å². The lowest BCUT2D eigenvalue weighted by molar-refractivity contribution is -0.117. The maximum absolute atomic E-state index is 12.5. The Hall–Kier alpha value is -2.14. The third-order valence-electron chi connectivity index (χ3n) is 4.49. The van der Waals surface area contributed by atoms with E-state index in [1.54, 1.807) is 16.2 Å². The number of aryl methyl sites for hydroxylation is 2. The topological polar surface area (TPSA) is 49.4 Å². The molecule has 0 unspecified atom stereocenters. The van der Waals surface area contributed by atoms with Crippen molar-refractivity contribution >= 4 is 34.5 Å². The Labute approximate surface area is 152 Å². The van der Waals surface area contributed by atoms with Crippen molar-refractivity contribution in [2.75, 3.05) is 16.8 Å². The number of amides is 2. The predicted molar refractivity (Wildman–Crippen MR) is 104 cm³/mol. The summed E-state index contributed by atoms with van der Waals surface area (Å²) in [5.74, 6) is 0.109. The third-order valence-corrected chi connectivity index (χ3v) is 5.72. The number of hydrogen-bond acceptors (Lipinski definition) is 3. The Balaban J connectivity index is 1.69. The van der Waals surface area contributed by atoms with E-state index in [4.69, 9.17) is 0 Å². The van der Waals surface area contributed by atoms with Gasteiger partial charge < -0.3 is 10.2 Å². The van der Waals surface area contributed by atoms with Gasteiger partial charge in [0.15, 0.2) is 0 Å². The van der Waals surface area contributed by atoms with Crippen molar-refractivity contribution in [1.29, 1.82) is 0 Å². The molecule has 25 heavy (non-hydrogen) atoms. The summed E-state index contributed by atoms with van der Waals surface area (Å²) in [5, 5.41) is 2.96. The molecule has 0 aliphatic carbocycles. The number of thiophene rings is 1. The van der Waals surface area contributed by atoms with Gasteiger partial charge in [-0.25, -0.2) is 0 Å². The van der Waals surface area contributed by atoms with Gasteiger partial charge in [0.2, 0.25) is 5.91 Å². The lowest BCUT2D eigenvalue weighted by Gasteiger charge is -2.16. The van der Waals surface area contributed by atoms with Crippen molar-refractivity contribution in [3.63, 3.8) is 0 Å². The fourth-order valence-electron chi connectivity index (χ4n) is 3.15. The highest BCUT2D eigenvalue weighted by molar-refractivity contribution is 7.14. The van der Waals surface area contributed by atoms with Gasteiger partial charge >= 0.3 is 0 Å². The van der Waals surface area contributed by atoms with Crippen molar-refractivity contribution in [2.24, 2.45) is 0 Å². The summed E-state index contributed by atoms with van der Waals surface area (Å²) >= 11 is 1.59. The van der Waals surface area contributed by atoms with Crippen molar-refractivity contribution in [3.05, 3.63) is 45.6 Å². The first-order valence-corrected chi connectivity index (χ1v) is 9.77. The zero-order chi connectivity index (χ0) is 17.8. The van der Waals surface area contributed by atoms with E-state index in [9.17, 15) is 9.59 Å². The Bertz CT molecular complexity index is 765. The molecule has 1 N–H and O–H groups in total. The minimum atomic E-state index is -0.0629. The number of nitrogens with one attached hydrogen (secondary N) is 1. The maximum Gasteiger partial charge on any atom is 0.265 e. The lowest BCUT2D eigenvalue weighted by Crippen LogP contribution is -2.23. The van der Waals surface area contributed by atoms with Gasteiger partial charge in [0.1, 0.15) is 0 Å². The molecule has 0 atom stereocenters. The second-order valence-electron chi connectivity index (χ2n) is 6.31. The molecule has 0 bridgehead atoms. The number of hydrogen-bond donors (Lipinski definition) is 1. The van der Waals surface area contributed by atoms with Crippen LogP contribution in [-0.2, 0) is 17.6 Å². The summed E-state index contributed by atoms with van der Waals surface area (Å²) in [5.41, 5.74) is 2.93. The Morgan fingerprint density at radius 1 is 1.24 bits per heavy atom. The van der Waals surface area contributed by atoms with E-state index in [1.807, 2.05) is 30.3 Å². The number of nitrogens with zero attached hydrogens (tertiary/aromatic N) is 1. The second-order valence-corrected chi connectivity index (χ2v) is 7.45. The average molecular weight is 356 g/mol. The number of anilines is 2. The zero-order valence-electron chi connectivity index (χ0n) is 14.8. The van der Waals surface area contributed by atoms with Crippen molar-refractivity contribution in [3.8, 4) is 0 Å². The van der Waals surface area contributed by atoms with Crippen molar-refractivity contribution in [2.45, 2.75) is 46.0 Å². The van der Waals surface area contributed by atoms with Crippen molar-refractivity contribution in [1.82, 2.24) is 0 Å². The molecule has 2 heterocycles. The van der Waals surface area contributed by atoms with E-state index in [0.717, 1.165) is 48.5 Å². The van der Waals surface area contributed by atoms with Crippen LogP contribution in [0.1, 0.15) is 53.2 Å². The molecule has 0 spiro atoms. The van der Waals surface area contributed by atoms with Gasteiger partial charge in [0.25, 0.3) is 5.91 Å². The molecule has 0 saturated carbocycles. The normalized spacial score (nSPS) is 14.2. The first kappa shape index (κ1) is 17.7. The number of rotatable bonds is 6. The standard InChI is InChI=1S/C20H24N2O2S/c1-3-6-17-14(4-2)13-18(25-17)20(24)21-15-8-10-16(11-9-15)22-12-5-7-19(22)23/h8-11,13H,3-7,12H2,1-2H3,(H,21,24). The molecule has 0 radical (unpaired) electrons. The minimum Gasteiger partial charge on any atom is -0.321 e. The molecule has 1 aliphatic rings. The van der Waals surface area contributed by atoms with E-state index in [0.29, 0.717) is 6.42 Å². The van der Waals surface area contributed by atoms with Crippen LogP contribution in [-0.4, -0.2) is 18.4 Å². The molecule has 1 aliphatic heterocycles. The van der Waals surface area contributed by atoms with Crippen LogP contribution in [0, 0.1) is 0 Å². The van der Waals surface area contributed by atoms with Crippen molar-refractivity contribution < 1.29 is 9.59 Å². The Kier molecular flexibility index (Phi) is 5.53. The minimum absolute atomic E-state index is 0.0629.